The molecule has 0 aromatic heterocycles. The smallest absolute Gasteiger partial charge is 0.0595 e. The monoisotopic (exact) mass is 299 g/mol. The van der Waals surface area contributed by atoms with Gasteiger partial charge in [0.05, 0.1) is 10.0 Å². The van der Waals surface area contributed by atoms with E-state index in [0.717, 1.165) is 24.3 Å². The standard InChI is InChI=1S/C16H23Cl2N/c1-2-4-12-5-3-9-16(19,10-8-12)13-6-7-14(17)15(18)11-13/h6-7,11-12H,2-5,8-10,19H2,1H3. The van der Waals surface area contributed by atoms with Gasteiger partial charge in [-0.1, -0.05) is 61.9 Å². The molecule has 2 N–H and O–H groups in total. The molecule has 0 saturated heterocycles. The lowest BCUT2D eigenvalue weighted by molar-refractivity contribution is 0.367. The Morgan fingerprint density at radius 2 is 2.00 bits per heavy atom. The Balaban J connectivity index is 2.15. The lowest BCUT2D eigenvalue weighted by Gasteiger charge is -2.29. The quantitative estimate of drug-likeness (QED) is 0.730. The van der Waals surface area contributed by atoms with E-state index in [1.165, 1.54) is 32.1 Å². The Morgan fingerprint density at radius 1 is 1.21 bits per heavy atom. The minimum Gasteiger partial charge on any atom is -0.321 e. The minimum absolute atomic E-state index is 0.225. The van der Waals surface area contributed by atoms with E-state index < -0.39 is 0 Å². The van der Waals surface area contributed by atoms with E-state index in [0.29, 0.717) is 10.0 Å². The summed E-state index contributed by atoms with van der Waals surface area (Å²) in [7, 11) is 0. The molecule has 0 amide bonds. The van der Waals surface area contributed by atoms with Gasteiger partial charge in [-0.25, -0.2) is 0 Å². The predicted octanol–water partition coefficient (Wildman–Crippen LogP) is 5.53. The van der Waals surface area contributed by atoms with Crippen LogP contribution < -0.4 is 5.73 Å². The molecule has 1 aliphatic carbocycles. The predicted molar refractivity (Wildman–Crippen MR) is 83.8 cm³/mol. The third kappa shape index (κ3) is 3.65. The van der Waals surface area contributed by atoms with Crippen LogP contribution in [0.25, 0.3) is 0 Å². The van der Waals surface area contributed by atoms with Crippen molar-refractivity contribution in [2.45, 2.75) is 57.4 Å². The van der Waals surface area contributed by atoms with Gasteiger partial charge < -0.3 is 5.73 Å². The van der Waals surface area contributed by atoms with Gasteiger partial charge >= 0.3 is 0 Å². The molecule has 0 spiro atoms. The largest absolute Gasteiger partial charge is 0.321 e. The van der Waals surface area contributed by atoms with Gasteiger partial charge in [-0.2, -0.15) is 0 Å². The summed E-state index contributed by atoms with van der Waals surface area (Å²) in [4.78, 5) is 0. The van der Waals surface area contributed by atoms with Crippen LogP contribution >= 0.6 is 23.2 Å². The Kier molecular flexibility index (Phi) is 5.16. The summed E-state index contributed by atoms with van der Waals surface area (Å²) in [5.41, 5.74) is 7.57. The van der Waals surface area contributed by atoms with Crippen molar-refractivity contribution in [3.63, 3.8) is 0 Å². The van der Waals surface area contributed by atoms with Crippen LogP contribution in [0.15, 0.2) is 18.2 Å². The molecule has 2 rings (SSSR count). The molecule has 19 heavy (non-hydrogen) atoms. The van der Waals surface area contributed by atoms with E-state index in [-0.39, 0.29) is 5.54 Å². The summed E-state index contributed by atoms with van der Waals surface area (Å²) < 4.78 is 0. The highest BCUT2D eigenvalue weighted by atomic mass is 35.5. The second kappa shape index (κ2) is 6.47. The van der Waals surface area contributed by atoms with Crippen molar-refractivity contribution in [3.8, 4) is 0 Å². The minimum atomic E-state index is -0.225. The van der Waals surface area contributed by atoms with Gasteiger partial charge in [-0.15, -0.1) is 0 Å². The van der Waals surface area contributed by atoms with Gasteiger partial charge in [-0.05, 0) is 42.9 Å². The number of benzene rings is 1. The Hall–Kier alpha value is -0.240. The average molecular weight is 300 g/mol. The summed E-state index contributed by atoms with van der Waals surface area (Å²) in [6, 6.07) is 5.85. The highest BCUT2D eigenvalue weighted by molar-refractivity contribution is 6.42. The number of halogens is 2. The molecule has 3 heteroatoms. The molecule has 1 nitrogen and oxygen atoms in total. The fourth-order valence-corrected chi connectivity index (χ4v) is 3.53. The Labute approximate surface area is 126 Å². The SMILES string of the molecule is CCCC1CCCC(N)(c2ccc(Cl)c(Cl)c2)CC1. The molecule has 1 fully saturated rings. The fourth-order valence-electron chi connectivity index (χ4n) is 3.23. The van der Waals surface area contributed by atoms with Gasteiger partial charge in [0.25, 0.3) is 0 Å². The van der Waals surface area contributed by atoms with Gasteiger partial charge in [0.1, 0.15) is 0 Å². The van der Waals surface area contributed by atoms with Crippen LogP contribution in [0, 0.1) is 5.92 Å². The molecule has 0 radical (unpaired) electrons. The molecule has 0 heterocycles. The zero-order chi connectivity index (χ0) is 13.9. The van der Waals surface area contributed by atoms with E-state index in [4.69, 9.17) is 28.9 Å². The third-order valence-corrected chi connectivity index (χ3v) is 5.16. The van der Waals surface area contributed by atoms with Crippen molar-refractivity contribution >= 4 is 23.2 Å². The van der Waals surface area contributed by atoms with Crippen LogP contribution in [0.5, 0.6) is 0 Å². The summed E-state index contributed by atoms with van der Waals surface area (Å²) in [5, 5.41) is 1.21. The van der Waals surface area contributed by atoms with Gasteiger partial charge in [0, 0.05) is 5.54 Å². The third-order valence-electron chi connectivity index (χ3n) is 4.43. The molecule has 1 aliphatic rings. The van der Waals surface area contributed by atoms with Crippen LogP contribution in [-0.2, 0) is 5.54 Å². The first-order valence-corrected chi connectivity index (χ1v) is 8.05. The van der Waals surface area contributed by atoms with Crippen molar-refractivity contribution in [2.75, 3.05) is 0 Å². The van der Waals surface area contributed by atoms with Crippen molar-refractivity contribution in [1.29, 1.82) is 0 Å². The van der Waals surface area contributed by atoms with Crippen LogP contribution in [0.4, 0.5) is 0 Å². The number of hydrogen-bond donors (Lipinski definition) is 1. The van der Waals surface area contributed by atoms with E-state index in [9.17, 15) is 0 Å². The number of nitrogens with two attached hydrogens (primary N) is 1. The van der Waals surface area contributed by atoms with E-state index in [1.54, 1.807) is 0 Å². The summed E-state index contributed by atoms with van der Waals surface area (Å²) >= 11 is 12.1. The fraction of sp³-hybridized carbons (Fsp3) is 0.625. The van der Waals surface area contributed by atoms with Crippen molar-refractivity contribution in [3.05, 3.63) is 33.8 Å². The average Bonchev–Trinajstić information content (AvgIpc) is 2.57. The highest BCUT2D eigenvalue weighted by Crippen LogP contribution is 2.38. The molecular weight excluding hydrogens is 277 g/mol. The summed E-state index contributed by atoms with van der Waals surface area (Å²) in [6.45, 7) is 2.26. The summed E-state index contributed by atoms with van der Waals surface area (Å²) in [5.74, 6) is 0.846. The Bertz CT molecular complexity index is 433. The van der Waals surface area contributed by atoms with E-state index >= 15 is 0 Å². The first kappa shape index (κ1) is 15.2. The topological polar surface area (TPSA) is 26.0 Å². The molecule has 0 bridgehead atoms. The van der Waals surface area contributed by atoms with Crippen LogP contribution in [-0.4, -0.2) is 0 Å². The second-order valence-electron chi connectivity index (χ2n) is 5.87. The highest BCUT2D eigenvalue weighted by Gasteiger charge is 2.31. The second-order valence-corrected chi connectivity index (χ2v) is 6.69. The molecule has 2 atom stereocenters. The molecular formula is C16H23Cl2N. The van der Waals surface area contributed by atoms with Crippen molar-refractivity contribution < 1.29 is 0 Å². The molecule has 106 valence electrons. The van der Waals surface area contributed by atoms with Crippen molar-refractivity contribution in [1.82, 2.24) is 0 Å². The van der Waals surface area contributed by atoms with Crippen LogP contribution in [0.1, 0.15) is 57.4 Å². The molecule has 1 saturated carbocycles. The maximum Gasteiger partial charge on any atom is 0.0595 e. The Morgan fingerprint density at radius 3 is 2.68 bits per heavy atom. The molecule has 0 aliphatic heterocycles. The zero-order valence-corrected chi connectivity index (χ0v) is 13.1. The summed E-state index contributed by atoms with van der Waals surface area (Å²) in [6.07, 6.45) is 8.45. The normalized spacial score (nSPS) is 28.1. The first-order chi connectivity index (χ1) is 9.05. The maximum absolute atomic E-state index is 6.66. The van der Waals surface area contributed by atoms with Crippen molar-refractivity contribution in [2.24, 2.45) is 11.7 Å². The van der Waals surface area contributed by atoms with Gasteiger partial charge in [0.2, 0.25) is 0 Å². The number of hydrogen-bond acceptors (Lipinski definition) is 1. The number of rotatable bonds is 3. The molecule has 1 aromatic carbocycles. The molecule has 1 aromatic rings. The lowest BCUT2D eigenvalue weighted by Crippen LogP contribution is -2.36. The van der Waals surface area contributed by atoms with Gasteiger partial charge in [-0.3, -0.25) is 0 Å². The van der Waals surface area contributed by atoms with Gasteiger partial charge in [0.15, 0.2) is 0 Å². The maximum atomic E-state index is 6.66. The van der Waals surface area contributed by atoms with E-state index in [2.05, 4.69) is 6.92 Å². The van der Waals surface area contributed by atoms with Crippen LogP contribution in [0.3, 0.4) is 0 Å². The zero-order valence-electron chi connectivity index (χ0n) is 11.6. The van der Waals surface area contributed by atoms with E-state index in [1.807, 2.05) is 18.2 Å². The van der Waals surface area contributed by atoms with Crippen LogP contribution in [0.2, 0.25) is 10.0 Å². The molecule has 2 unspecified atom stereocenters. The first-order valence-electron chi connectivity index (χ1n) is 7.29. The lowest BCUT2D eigenvalue weighted by atomic mass is 9.83.